The molecule has 2 N–H and O–H groups in total. The molecule has 0 unspecified atom stereocenters. The Hall–Kier alpha value is -3.07. The lowest BCUT2D eigenvalue weighted by molar-refractivity contribution is 0.0697. The molecule has 0 atom stereocenters. The van der Waals surface area contributed by atoms with Crippen LogP contribution in [0.5, 0.6) is 5.75 Å². The maximum Gasteiger partial charge on any atom is 0.337 e. The molecule has 0 aromatic heterocycles. The number of rotatable bonds is 4. The predicted octanol–water partition coefficient (Wildman–Crippen LogP) is 3.15. The van der Waals surface area contributed by atoms with E-state index in [-0.39, 0.29) is 22.5 Å². The Balaban J connectivity index is 2.59. The van der Waals surface area contributed by atoms with Gasteiger partial charge in [-0.1, -0.05) is 12.1 Å². The topological polar surface area (TPSA) is 82.3 Å². The number of ether oxygens (including phenoxy) is 1. The minimum atomic E-state index is -1.27. The second kappa shape index (κ2) is 5.92. The number of methoxy groups -OCH3 is 1. The summed E-state index contributed by atoms with van der Waals surface area (Å²) in [6.07, 6.45) is 0. The summed E-state index contributed by atoms with van der Waals surface area (Å²) in [7, 11) is 1.40. The fourth-order valence-corrected chi connectivity index (χ4v) is 1.88. The van der Waals surface area contributed by atoms with E-state index in [0.29, 0.717) is 5.75 Å². The molecule has 5 nitrogen and oxygen atoms in total. The van der Waals surface area contributed by atoms with E-state index in [1.807, 2.05) is 6.07 Å². The molecule has 0 bridgehead atoms. The van der Waals surface area contributed by atoms with E-state index < -0.39 is 11.8 Å². The van der Waals surface area contributed by atoms with Gasteiger partial charge in [-0.05, 0) is 24.3 Å². The average molecular weight is 286 g/mol. The fraction of sp³-hybridized carbons (Fsp3) is 0.0667. The Labute approximate surface area is 120 Å². The number of carboxylic acids is 1. The summed E-state index contributed by atoms with van der Waals surface area (Å²) in [5, 5.41) is 20.9. The summed E-state index contributed by atoms with van der Waals surface area (Å²) in [5.74, 6) is -1.69. The SMILES string of the molecule is COc1cccc(C#N)c1Nc1c(F)cccc1C(=O)O. The van der Waals surface area contributed by atoms with Gasteiger partial charge in [0, 0.05) is 0 Å². The molecule has 2 rings (SSSR count). The van der Waals surface area contributed by atoms with Crippen molar-refractivity contribution in [1.82, 2.24) is 0 Å². The van der Waals surface area contributed by atoms with Crippen molar-refractivity contribution in [3.8, 4) is 11.8 Å². The zero-order valence-corrected chi connectivity index (χ0v) is 11.1. The summed E-state index contributed by atoms with van der Waals surface area (Å²) in [6.45, 7) is 0. The molecule has 0 heterocycles. The number of hydrogen-bond acceptors (Lipinski definition) is 4. The number of nitrogens with zero attached hydrogens (tertiary/aromatic N) is 1. The van der Waals surface area contributed by atoms with Gasteiger partial charge in [-0.25, -0.2) is 9.18 Å². The molecule has 6 heteroatoms. The second-order valence-electron chi connectivity index (χ2n) is 4.09. The molecular formula is C15H11FN2O3. The van der Waals surface area contributed by atoms with Crippen molar-refractivity contribution in [2.75, 3.05) is 12.4 Å². The lowest BCUT2D eigenvalue weighted by Gasteiger charge is -2.14. The molecule has 0 aliphatic rings. The van der Waals surface area contributed by atoms with Crippen LogP contribution >= 0.6 is 0 Å². The molecule has 0 fully saturated rings. The first-order chi connectivity index (χ1) is 10.1. The highest BCUT2D eigenvalue weighted by atomic mass is 19.1. The second-order valence-corrected chi connectivity index (χ2v) is 4.09. The highest BCUT2D eigenvalue weighted by Crippen LogP contribution is 2.33. The molecule has 2 aromatic carbocycles. The molecule has 21 heavy (non-hydrogen) atoms. The number of hydrogen-bond donors (Lipinski definition) is 2. The monoisotopic (exact) mass is 286 g/mol. The van der Waals surface area contributed by atoms with Gasteiger partial charge in [0.25, 0.3) is 0 Å². The molecule has 0 aliphatic heterocycles. The molecule has 0 saturated heterocycles. The third-order valence-electron chi connectivity index (χ3n) is 2.86. The van der Waals surface area contributed by atoms with Gasteiger partial charge in [-0.15, -0.1) is 0 Å². The maximum atomic E-state index is 13.9. The Morgan fingerprint density at radius 3 is 2.62 bits per heavy atom. The van der Waals surface area contributed by atoms with Gasteiger partial charge in [-0.2, -0.15) is 5.26 Å². The van der Waals surface area contributed by atoms with Crippen LogP contribution < -0.4 is 10.1 Å². The van der Waals surface area contributed by atoms with E-state index in [1.165, 1.54) is 25.3 Å². The van der Waals surface area contributed by atoms with Crippen LogP contribution in [0.4, 0.5) is 15.8 Å². The molecular weight excluding hydrogens is 275 g/mol. The van der Waals surface area contributed by atoms with Crippen LogP contribution in [0, 0.1) is 17.1 Å². The number of nitriles is 1. The Kier molecular flexibility index (Phi) is 4.05. The van der Waals surface area contributed by atoms with Crippen LogP contribution in [-0.2, 0) is 0 Å². The number of carbonyl (C=O) groups is 1. The van der Waals surface area contributed by atoms with Gasteiger partial charge in [0.1, 0.15) is 17.6 Å². The van der Waals surface area contributed by atoms with Crippen molar-refractivity contribution in [2.45, 2.75) is 0 Å². The number of halogens is 1. The van der Waals surface area contributed by atoms with Crippen LogP contribution in [0.1, 0.15) is 15.9 Å². The molecule has 106 valence electrons. The Morgan fingerprint density at radius 1 is 1.29 bits per heavy atom. The molecule has 0 radical (unpaired) electrons. The largest absolute Gasteiger partial charge is 0.495 e. The number of anilines is 2. The molecule has 0 spiro atoms. The van der Waals surface area contributed by atoms with Gasteiger partial charge < -0.3 is 15.2 Å². The van der Waals surface area contributed by atoms with Crippen molar-refractivity contribution >= 4 is 17.3 Å². The van der Waals surface area contributed by atoms with Crippen molar-refractivity contribution in [2.24, 2.45) is 0 Å². The van der Waals surface area contributed by atoms with E-state index in [0.717, 1.165) is 6.07 Å². The highest BCUT2D eigenvalue weighted by molar-refractivity contribution is 5.96. The van der Waals surface area contributed by atoms with Gasteiger partial charge >= 0.3 is 5.97 Å². The summed E-state index contributed by atoms with van der Waals surface area (Å²) in [5.41, 5.74) is -0.0140. The zero-order valence-electron chi connectivity index (χ0n) is 11.1. The maximum absolute atomic E-state index is 13.9. The number of para-hydroxylation sites is 2. The van der Waals surface area contributed by atoms with E-state index in [1.54, 1.807) is 12.1 Å². The normalized spacial score (nSPS) is 9.76. The van der Waals surface area contributed by atoms with E-state index in [9.17, 15) is 9.18 Å². The molecule has 2 aromatic rings. The van der Waals surface area contributed by atoms with Gasteiger partial charge in [0.2, 0.25) is 0 Å². The quantitative estimate of drug-likeness (QED) is 0.902. The lowest BCUT2D eigenvalue weighted by atomic mass is 10.1. The van der Waals surface area contributed by atoms with Gasteiger partial charge in [0.15, 0.2) is 0 Å². The number of benzene rings is 2. The Bertz CT molecular complexity index is 738. The zero-order chi connectivity index (χ0) is 15.4. The first kappa shape index (κ1) is 14.3. The first-order valence-electron chi connectivity index (χ1n) is 5.94. The van der Waals surface area contributed by atoms with Crippen molar-refractivity contribution in [3.05, 3.63) is 53.3 Å². The highest BCUT2D eigenvalue weighted by Gasteiger charge is 2.17. The van der Waals surface area contributed by atoms with Gasteiger partial charge in [-0.3, -0.25) is 0 Å². The predicted molar refractivity (Wildman–Crippen MR) is 74.4 cm³/mol. The van der Waals surface area contributed by atoms with Crippen LogP contribution in [0.25, 0.3) is 0 Å². The molecule has 0 amide bonds. The van der Waals surface area contributed by atoms with Crippen LogP contribution in [-0.4, -0.2) is 18.2 Å². The lowest BCUT2D eigenvalue weighted by Crippen LogP contribution is -2.06. The number of nitrogens with one attached hydrogen (secondary N) is 1. The third-order valence-corrected chi connectivity index (χ3v) is 2.86. The minimum Gasteiger partial charge on any atom is -0.495 e. The van der Waals surface area contributed by atoms with E-state index >= 15 is 0 Å². The summed E-state index contributed by atoms with van der Waals surface area (Å²) >= 11 is 0. The fourth-order valence-electron chi connectivity index (χ4n) is 1.88. The smallest absolute Gasteiger partial charge is 0.337 e. The average Bonchev–Trinajstić information content (AvgIpc) is 2.49. The van der Waals surface area contributed by atoms with Crippen molar-refractivity contribution in [1.29, 1.82) is 5.26 Å². The van der Waals surface area contributed by atoms with Crippen molar-refractivity contribution in [3.63, 3.8) is 0 Å². The Morgan fingerprint density at radius 2 is 2.00 bits per heavy atom. The van der Waals surface area contributed by atoms with Crippen LogP contribution in [0.15, 0.2) is 36.4 Å². The van der Waals surface area contributed by atoms with Crippen LogP contribution in [0.3, 0.4) is 0 Å². The summed E-state index contributed by atoms with van der Waals surface area (Å²) < 4.78 is 19.0. The first-order valence-corrected chi connectivity index (χ1v) is 5.94. The summed E-state index contributed by atoms with van der Waals surface area (Å²) in [6, 6.07) is 10.4. The molecule has 0 saturated carbocycles. The number of carboxylic acid groups (broad SMARTS) is 1. The standard InChI is InChI=1S/C15H11FN2O3/c1-21-12-7-2-4-9(8-17)13(12)18-14-10(15(19)20)5-3-6-11(14)16/h2-7,18H,1H3,(H,19,20). The van der Waals surface area contributed by atoms with Crippen LogP contribution in [0.2, 0.25) is 0 Å². The van der Waals surface area contributed by atoms with Crippen molar-refractivity contribution < 1.29 is 19.0 Å². The molecule has 0 aliphatic carbocycles. The van der Waals surface area contributed by atoms with Gasteiger partial charge in [0.05, 0.1) is 29.6 Å². The van der Waals surface area contributed by atoms with E-state index in [2.05, 4.69) is 5.32 Å². The third kappa shape index (κ3) is 2.77. The minimum absolute atomic E-state index is 0.217. The number of aromatic carboxylic acids is 1. The summed E-state index contributed by atoms with van der Waals surface area (Å²) in [4.78, 5) is 11.2. The van der Waals surface area contributed by atoms with E-state index in [4.69, 9.17) is 15.1 Å².